The fraction of sp³-hybridized carbons (Fsp3) is 0.562. The summed E-state index contributed by atoms with van der Waals surface area (Å²) in [6.45, 7) is 4.04. The molecular formula is C16H25N3O. The molecule has 1 aromatic rings. The molecule has 110 valence electrons. The summed E-state index contributed by atoms with van der Waals surface area (Å²) < 4.78 is 0. The molecule has 0 radical (unpaired) electrons. The zero-order chi connectivity index (χ0) is 14.5. The number of likely N-dealkylation sites (N-methyl/N-ethyl adjacent to an activating group) is 1. The van der Waals surface area contributed by atoms with E-state index in [1.54, 1.807) is 0 Å². The molecule has 1 aliphatic rings. The van der Waals surface area contributed by atoms with Crippen molar-refractivity contribution in [3.05, 3.63) is 29.8 Å². The Hall–Kier alpha value is -1.55. The number of amides is 1. The fourth-order valence-corrected chi connectivity index (χ4v) is 2.35. The van der Waals surface area contributed by atoms with Crippen LogP contribution in [-0.2, 0) is 11.3 Å². The number of hydrogen-bond donors (Lipinski definition) is 1. The Balaban J connectivity index is 2.02. The highest BCUT2D eigenvalue weighted by Crippen LogP contribution is 2.25. The molecule has 0 spiro atoms. The number of rotatable bonds is 7. The largest absolute Gasteiger partial charge is 0.362 e. The molecule has 0 heterocycles. The van der Waals surface area contributed by atoms with E-state index in [1.165, 1.54) is 0 Å². The minimum atomic E-state index is 0.212. The van der Waals surface area contributed by atoms with E-state index < -0.39 is 0 Å². The number of carbonyl (C=O) groups excluding carboxylic acids is 1. The molecule has 0 aliphatic heterocycles. The lowest BCUT2D eigenvalue weighted by molar-refractivity contribution is -0.128. The van der Waals surface area contributed by atoms with Crippen LogP contribution < -0.4 is 10.6 Å². The van der Waals surface area contributed by atoms with Crippen LogP contribution >= 0.6 is 0 Å². The van der Waals surface area contributed by atoms with Gasteiger partial charge in [-0.25, -0.2) is 0 Å². The third-order valence-electron chi connectivity index (χ3n) is 3.84. The highest BCUT2D eigenvalue weighted by Gasteiger charge is 2.30. The second kappa shape index (κ2) is 6.75. The molecule has 2 N–H and O–H groups in total. The monoisotopic (exact) mass is 275 g/mol. The Morgan fingerprint density at radius 1 is 1.30 bits per heavy atom. The average Bonchev–Trinajstić information content (AvgIpc) is 3.30. The van der Waals surface area contributed by atoms with Gasteiger partial charge in [-0.2, -0.15) is 0 Å². The summed E-state index contributed by atoms with van der Waals surface area (Å²) in [5, 5.41) is 0. The van der Waals surface area contributed by atoms with Crippen LogP contribution in [0.3, 0.4) is 0 Å². The second-order valence-electron chi connectivity index (χ2n) is 5.53. The molecule has 0 bridgehead atoms. The first-order valence-corrected chi connectivity index (χ1v) is 7.45. The predicted molar refractivity (Wildman–Crippen MR) is 82.6 cm³/mol. The summed E-state index contributed by atoms with van der Waals surface area (Å²) in [5.74, 6) is 0.212. The molecule has 4 heteroatoms. The first-order chi connectivity index (χ1) is 9.65. The van der Waals surface area contributed by atoms with Crippen LogP contribution in [0.25, 0.3) is 0 Å². The normalized spacial score (nSPS) is 14.2. The van der Waals surface area contributed by atoms with E-state index in [-0.39, 0.29) is 5.91 Å². The topological polar surface area (TPSA) is 49.6 Å². The lowest BCUT2D eigenvalue weighted by atomic mass is 10.2. The fourth-order valence-electron chi connectivity index (χ4n) is 2.35. The molecule has 1 amide bonds. The van der Waals surface area contributed by atoms with Crippen molar-refractivity contribution in [2.45, 2.75) is 38.8 Å². The average molecular weight is 275 g/mol. The van der Waals surface area contributed by atoms with Gasteiger partial charge in [0.1, 0.15) is 0 Å². The number of anilines is 1. The Kier molecular flexibility index (Phi) is 5.01. The van der Waals surface area contributed by atoms with E-state index in [2.05, 4.69) is 24.0 Å². The third kappa shape index (κ3) is 3.73. The van der Waals surface area contributed by atoms with Gasteiger partial charge in [-0.05, 0) is 37.0 Å². The van der Waals surface area contributed by atoms with Gasteiger partial charge in [0.2, 0.25) is 5.91 Å². The Bertz CT molecular complexity index is 440. The maximum absolute atomic E-state index is 12.3. The predicted octanol–water partition coefficient (Wildman–Crippen LogP) is 1.98. The van der Waals surface area contributed by atoms with E-state index in [1.807, 2.05) is 24.1 Å². The van der Waals surface area contributed by atoms with E-state index >= 15 is 0 Å². The number of nitrogens with two attached hydrogens (primary N) is 1. The summed E-state index contributed by atoms with van der Waals surface area (Å²) in [7, 11) is 1.92. The van der Waals surface area contributed by atoms with Crippen LogP contribution in [0, 0.1) is 0 Å². The van der Waals surface area contributed by atoms with Crippen molar-refractivity contribution >= 4 is 11.6 Å². The van der Waals surface area contributed by atoms with Crippen LogP contribution in [0.2, 0.25) is 0 Å². The van der Waals surface area contributed by atoms with Crippen molar-refractivity contribution in [2.75, 3.05) is 25.0 Å². The van der Waals surface area contributed by atoms with Gasteiger partial charge in [0.15, 0.2) is 0 Å². The zero-order valence-electron chi connectivity index (χ0n) is 12.5. The summed E-state index contributed by atoms with van der Waals surface area (Å²) in [6.07, 6.45) is 3.33. The molecule has 2 rings (SSSR count). The molecule has 4 nitrogen and oxygen atoms in total. The smallest absolute Gasteiger partial charge is 0.242 e. The first kappa shape index (κ1) is 14.9. The third-order valence-corrected chi connectivity index (χ3v) is 3.84. The van der Waals surface area contributed by atoms with Crippen molar-refractivity contribution < 1.29 is 4.79 Å². The van der Waals surface area contributed by atoms with Crippen LogP contribution in [0.5, 0.6) is 0 Å². The standard InChI is InChI=1S/C16H25N3O/c1-3-10-19(12-16(20)18(2)14-8-9-14)15-6-4-13(11-17)5-7-15/h4-7,14H,3,8-12,17H2,1-2H3. The van der Waals surface area contributed by atoms with Crippen LogP contribution in [0.1, 0.15) is 31.7 Å². The van der Waals surface area contributed by atoms with Gasteiger partial charge in [0, 0.05) is 31.9 Å². The first-order valence-electron chi connectivity index (χ1n) is 7.45. The van der Waals surface area contributed by atoms with Crippen molar-refractivity contribution in [3.8, 4) is 0 Å². The lowest BCUT2D eigenvalue weighted by Gasteiger charge is -2.27. The number of hydrogen-bond acceptors (Lipinski definition) is 3. The maximum Gasteiger partial charge on any atom is 0.242 e. The Morgan fingerprint density at radius 3 is 2.45 bits per heavy atom. The molecule has 0 saturated heterocycles. The molecule has 1 fully saturated rings. The molecule has 1 saturated carbocycles. The molecule has 0 unspecified atom stereocenters. The molecular weight excluding hydrogens is 250 g/mol. The summed E-state index contributed by atoms with van der Waals surface area (Å²) in [4.78, 5) is 16.3. The van der Waals surface area contributed by atoms with Crippen molar-refractivity contribution in [2.24, 2.45) is 5.73 Å². The zero-order valence-corrected chi connectivity index (χ0v) is 12.5. The highest BCUT2D eigenvalue weighted by atomic mass is 16.2. The van der Waals surface area contributed by atoms with Gasteiger partial charge < -0.3 is 15.5 Å². The van der Waals surface area contributed by atoms with Crippen LogP contribution in [0.4, 0.5) is 5.69 Å². The molecule has 1 aromatic carbocycles. The number of benzene rings is 1. The Morgan fingerprint density at radius 2 is 1.95 bits per heavy atom. The molecule has 1 aliphatic carbocycles. The summed E-state index contributed by atoms with van der Waals surface area (Å²) in [5.41, 5.74) is 7.84. The van der Waals surface area contributed by atoms with Crippen molar-refractivity contribution in [3.63, 3.8) is 0 Å². The second-order valence-corrected chi connectivity index (χ2v) is 5.53. The van der Waals surface area contributed by atoms with Gasteiger partial charge in [-0.15, -0.1) is 0 Å². The molecule has 20 heavy (non-hydrogen) atoms. The van der Waals surface area contributed by atoms with Gasteiger partial charge in [0.05, 0.1) is 6.54 Å². The SMILES string of the molecule is CCCN(CC(=O)N(C)C1CC1)c1ccc(CN)cc1. The molecule has 0 atom stereocenters. The van der Waals surface area contributed by atoms with E-state index in [0.717, 1.165) is 37.1 Å². The van der Waals surface area contributed by atoms with Crippen LogP contribution in [0.15, 0.2) is 24.3 Å². The van der Waals surface area contributed by atoms with E-state index in [4.69, 9.17) is 5.73 Å². The van der Waals surface area contributed by atoms with Crippen molar-refractivity contribution in [1.29, 1.82) is 0 Å². The minimum absolute atomic E-state index is 0.212. The lowest BCUT2D eigenvalue weighted by Crippen LogP contribution is -2.39. The van der Waals surface area contributed by atoms with Gasteiger partial charge in [0.25, 0.3) is 0 Å². The summed E-state index contributed by atoms with van der Waals surface area (Å²) >= 11 is 0. The number of carbonyl (C=O) groups is 1. The minimum Gasteiger partial charge on any atom is -0.362 e. The van der Waals surface area contributed by atoms with Crippen LogP contribution in [-0.4, -0.2) is 37.0 Å². The van der Waals surface area contributed by atoms with Gasteiger partial charge in [-0.3, -0.25) is 4.79 Å². The van der Waals surface area contributed by atoms with Gasteiger partial charge in [-0.1, -0.05) is 19.1 Å². The Labute approximate surface area is 121 Å². The summed E-state index contributed by atoms with van der Waals surface area (Å²) in [6, 6.07) is 8.66. The number of nitrogens with zero attached hydrogens (tertiary/aromatic N) is 2. The van der Waals surface area contributed by atoms with E-state index in [9.17, 15) is 4.79 Å². The quantitative estimate of drug-likeness (QED) is 0.828. The van der Waals surface area contributed by atoms with Gasteiger partial charge >= 0.3 is 0 Å². The molecule has 0 aromatic heterocycles. The highest BCUT2D eigenvalue weighted by molar-refractivity contribution is 5.81. The maximum atomic E-state index is 12.3. The van der Waals surface area contributed by atoms with E-state index in [0.29, 0.717) is 19.1 Å². The van der Waals surface area contributed by atoms with Crippen molar-refractivity contribution in [1.82, 2.24) is 4.90 Å².